The van der Waals surface area contributed by atoms with Crippen LogP contribution in [-0.2, 0) is 4.74 Å². The first kappa shape index (κ1) is 11.4. The molecule has 15 heavy (non-hydrogen) atoms. The van der Waals surface area contributed by atoms with Crippen LogP contribution in [0.15, 0.2) is 0 Å². The number of nitrogens with zero attached hydrogens (tertiary/aromatic N) is 1. The molecule has 2 N–H and O–H groups in total. The zero-order valence-electron chi connectivity index (χ0n) is 9.82. The Hall–Kier alpha value is -0.120. The van der Waals surface area contributed by atoms with Crippen molar-refractivity contribution in [3.63, 3.8) is 0 Å². The topological polar surface area (TPSA) is 38.5 Å². The smallest absolute Gasteiger partial charge is 0.0586 e. The van der Waals surface area contributed by atoms with E-state index in [1.807, 2.05) is 7.11 Å². The molecule has 3 nitrogen and oxygen atoms in total. The maximum absolute atomic E-state index is 5.93. The van der Waals surface area contributed by atoms with Crippen LogP contribution >= 0.6 is 0 Å². The van der Waals surface area contributed by atoms with Crippen LogP contribution in [0.3, 0.4) is 0 Å². The molecule has 0 bridgehead atoms. The van der Waals surface area contributed by atoms with Crippen molar-refractivity contribution in [1.29, 1.82) is 0 Å². The fourth-order valence-electron chi connectivity index (χ4n) is 2.95. The normalized spacial score (nSPS) is 35.6. The molecule has 0 aromatic carbocycles. The lowest BCUT2D eigenvalue weighted by Crippen LogP contribution is -2.47. The second-order valence-corrected chi connectivity index (χ2v) is 5.05. The molecule has 1 saturated carbocycles. The molecule has 3 heteroatoms. The molecule has 2 fully saturated rings. The van der Waals surface area contributed by atoms with Crippen LogP contribution in [0.1, 0.15) is 38.5 Å². The third-order valence-corrected chi connectivity index (χ3v) is 4.02. The molecule has 1 aliphatic heterocycles. The van der Waals surface area contributed by atoms with Gasteiger partial charge in [-0.05, 0) is 51.6 Å². The predicted molar refractivity (Wildman–Crippen MR) is 61.8 cm³/mol. The van der Waals surface area contributed by atoms with Crippen LogP contribution in [0.25, 0.3) is 0 Å². The fourth-order valence-corrected chi connectivity index (χ4v) is 2.95. The Morgan fingerprint density at radius 3 is 2.53 bits per heavy atom. The Labute approximate surface area is 93.0 Å². The molecule has 0 radical (unpaired) electrons. The highest BCUT2D eigenvalue weighted by Gasteiger charge is 2.28. The average Bonchev–Trinajstić information content (AvgIpc) is 2.30. The third kappa shape index (κ3) is 2.92. The summed E-state index contributed by atoms with van der Waals surface area (Å²) in [5, 5.41) is 0. The largest absolute Gasteiger partial charge is 0.381 e. The van der Waals surface area contributed by atoms with E-state index in [0.717, 1.165) is 6.04 Å². The summed E-state index contributed by atoms with van der Waals surface area (Å²) in [5.74, 6) is 0. The van der Waals surface area contributed by atoms with Gasteiger partial charge >= 0.3 is 0 Å². The quantitative estimate of drug-likeness (QED) is 0.751. The van der Waals surface area contributed by atoms with Crippen molar-refractivity contribution < 1.29 is 4.74 Å². The minimum atomic E-state index is 0.447. The first-order valence-electron chi connectivity index (χ1n) is 6.32. The van der Waals surface area contributed by atoms with Gasteiger partial charge in [0.15, 0.2) is 0 Å². The van der Waals surface area contributed by atoms with Crippen LogP contribution < -0.4 is 5.73 Å². The fraction of sp³-hybridized carbons (Fsp3) is 1.00. The molecule has 2 aliphatic rings. The molecule has 2 atom stereocenters. The lowest BCUT2D eigenvalue weighted by Gasteiger charge is -2.40. The maximum atomic E-state index is 5.93. The first-order chi connectivity index (χ1) is 7.29. The SMILES string of the molecule is CO[C@@H]1CCC[C@H](N2CCC(N)CC2)C1. The van der Waals surface area contributed by atoms with Gasteiger partial charge in [0.2, 0.25) is 0 Å². The van der Waals surface area contributed by atoms with Gasteiger partial charge in [-0.1, -0.05) is 0 Å². The van der Waals surface area contributed by atoms with Gasteiger partial charge in [-0.15, -0.1) is 0 Å². The summed E-state index contributed by atoms with van der Waals surface area (Å²) in [6.45, 7) is 2.39. The Balaban J connectivity index is 1.82. The Bertz CT molecular complexity index is 190. The van der Waals surface area contributed by atoms with Gasteiger partial charge in [-0.3, -0.25) is 0 Å². The predicted octanol–water partition coefficient (Wildman–Crippen LogP) is 1.37. The van der Waals surface area contributed by atoms with Crippen molar-refractivity contribution in [2.45, 2.75) is 56.7 Å². The van der Waals surface area contributed by atoms with E-state index in [1.165, 1.54) is 51.6 Å². The van der Waals surface area contributed by atoms with Gasteiger partial charge in [0.1, 0.15) is 0 Å². The first-order valence-corrected chi connectivity index (χ1v) is 6.32. The second-order valence-electron chi connectivity index (χ2n) is 5.05. The van der Waals surface area contributed by atoms with Crippen molar-refractivity contribution in [1.82, 2.24) is 4.90 Å². The van der Waals surface area contributed by atoms with Crippen LogP contribution in [0.2, 0.25) is 0 Å². The molecular weight excluding hydrogens is 188 g/mol. The molecule has 1 saturated heterocycles. The van der Waals surface area contributed by atoms with E-state index in [9.17, 15) is 0 Å². The zero-order valence-corrected chi connectivity index (χ0v) is 9.82. The third-order valence-electron chi connectivity index (χ3n) is 4.02. The van der Waals surface area contributed by atoms with Gasteiger partial charge in [-0.2, -0.15) is 0 Å². The lowest BCUT2D eigenvalue weighted by atomic mass is 9.90. The van der Waals surface area contributed by atoms with Gasteiger partial charge in [0.25, 0.3) is 0 Å². The van der Waals surface area contributed by atoms with Crippen LogP contribution in [0.4, 0.5) is 0 Å². The molecule has 88 valence electrons. The monoisotopic (exact) mass is 212 g/mol. The summed E-state index contributed by atoms with van der Waals surface area (Å²) in [4.78, 5) is 2.63. The molecule has 0 unspecified atom stereocenters. The van der Waals surface area contributed by atoms with Crippen molar-refractivity contribution >= 4 is 0 Å². The molecule has 0 amide bonds. The van der Waals surface area contributed by atoms with Crippen LogP contribution in [0.5, 0.6) is 0 Å². The minimum absolute atomic E-state index is 0.447. The summed E-state index contributed by atoms with van der Waals surface area (Å²) in [5.41, 5.74) is 5.93. The molecule has 2 rings (SSSR count). The van der Waals surface area contributed by atoms with E-state index in [-0.39, 0.29) is 0 Å². The Kier molecular flexibility index (Phi) is 4.00. The molecule has 0 spiro atoms. The number of rotatable bonds is 2. The highest BCUT2D eigenvalue weighted by molar-refractivity contribution is 4.84. The summed E-state index contributed by atoms with van der Waals surface area (Å²) >= 11 is 0. The summed E-state index contributed by atoms with van der Waals surface area (Å²) in [7, 11) is 1.85. The average molecular weight is 212 g/mol. The lowest BCUT2D eigenvalue weighted by molar-refractivity contribution is 0.0212. The molecule has 0 aromatic rings. The number of ether oxygens (including phenoxy) is 1. The second kappa shape index (κ2) is 5.28. The van der Waals surface area contributed by atoms with Crippen LogP contribution in [0, 0.1) is 0 Å². The molecule has 1 heterocycles. The van der Waals surface area contributed by atoms with Gasteiger partial charge in [-0.25, -0.2) is 0 Å². The van der Waals surface area contributed by atoms with Gasteiger partial charge in [0.05, 0.1) is 6.10 Å². The number of methoxy groups -OCH3 is 1. The molecular formula is C12H24N2O. The standard InChI is InChI=1S/C12H24N2O/c1-15-12-4-2-3-11(9-12)14-7-5-10(13)6-8-14/h10-12H,2-9,13H2,1H3/t11-,12+/m0/s1. The van der Waals surface area contributed by atoms with E-state index in [4.69, 9.17) is 10.5 Å². The van der Waals surface area contributed by atoms with Gasteiger partial charge < -0.3 is 15.4 Å². The van der Waals surface area contributed by atoms with E-state index in [1.54, 1.807) is 0 Å². The van der Waals surface area contributed by atoms with E-state index >= 15 is 0 Å². The molecule has 0 aromatic heterocycles. The number of nitrogens with two attached hydrogens (primary N) is 1. The molecule has 1 aliphatic carbocycles. The zero-order chi connectivity index (χ0) is 10.7. The van der Waals surface area contributed by atoms with Crippen molar-refractivity contribution in [3.05, 3.63) is 0 Å². The summed E-state index contributed by atoms with van der Waals surface area (Å²) in [6.07, 6.45) is 8.01. The van der Waals surface area contributed by atoms with Crippen LogP contribution in [-0.4, -0.2) is 43.3 Å². The Morgan fingerprint density at radius 1 is 1.13 bits per heavy atom. The van der Waals surface area contributed by atoms with E-state index in [0.29, 0.717) is 12.1 Å². The number of likely N-dealkylation sites (tertiary alicyclic amines) is 1. The number of piperidine rings is 1. The highest BCUT2D eigenvalue weighted by Crippen LogP contribution is 2.26. The van der Waals surface area contributed by atoms with Gasteiger partial charge in [0, 0.05) is 19.2 Å². The number of hydrogen-bond acceptors (Lipinski definition) is 3. The maximum Gasteiger partial charge on any atom is 0.0586 e. The van der Waals surface area contributed by atoms with Crippen molar-refractivity contribution in [2.24, 2.45) is 5.73 Å². The van der Waals surface area contributed by atoms with Crippen molar-refractivity contribution in [3.8, 4) is 0 Å². The van der Waals surface area contributed by atoms with E-state index in [2.05, 4.69) is 4.90 Å². The number of hydrogen-bond donors (Lipinski definition) is 1. The Morgan fingerprint density at radius 2 is 1.87 bits per heavy atom. The highest BCUT2D eigenvalue weighted by atomic mass is 16.5. The van der Waals surface area contributed by atoms with E-state index < -0.39 is 0 Å². The minimum Gasteiger partial charge on any atom is -0.381 e. The van der Waals surface area contributed by atoms with Crippen molar-refractivity contribution in [2.75, 3.05) is 20.2 Å². The summed E-state index contributed by atoms with van der Waals surface area (Å²) in [6, 6.07) is 1.21. The summed E-state index contributed by atoms with van der Waals surface area (Å²) < 4.78 is 5.48.